The van der Waals surface area contributed by atoms with Crippen molar-refractivity contribution in [2.24, 2.45) is 0 Å². The normalized spacial score (nSPS) is 11.3. The molecule has 0 bridgehead atoms. The Labute approximate surface area is 155 Å². The number of aryl methyl sites for hydroxylation is 1. The van der Waals surface area contributed by atoms with Gasteiger partial charge in [-0.15, -0.1) is 11.3 Å². The van der Waals surface area contributed by atoms with Crippen molar-refractivity contribution in [3.63, 3.8) is 0 Å². The molecule has 0 amide bonds. The van der Waals surface area contributed by atoms with E-state index in [1.165, 1.54) is 26.2 Å². The predicted octanol–water partition coefficient (Wildman–Crippen LogP) is 6.50. The Hall–Kier alpha value is -3.11. The second kappa shape index (κ2) is 6.00. The first kappa shape index (κ1) is 15.2. The number of hydrogen-bond donors (Lipinski definition) is 2. The lowest BCUT2D eigenvalue weighted by molar-refractivity contribution is 1.30. The van der Waals surface area contributed by atoms with Gasteiger partial charge in [-0.3, -0.25) is 4.98 Å². The average molecular weight is 355 g/mol. The minimum Gasteiger partial charge on any atom is -0.359 e. The summed E-state index contributed by atoms with van der Waals surface area (Å²) in [7, 11) is 0. The van der Waals surface area contributed by atoms with Crippen molar-refractivity contribution in [1.29, 1.82) is 0 Å². The van der Waals surface area contributed by atoms with Crippen LogP contribution in [0.3, 0.4) is 0 Å². The summed E-state index contributed by atoms with van der Waals surface area (Å²) in [5, 5.41) is 4.79. The van der Waals surface area contributed by atoms with Crippen molar-refractivity contribution in [2.75, 3.05) is 5.32 Å². The van der Waals surface area contributed by atoms with Crippen molar-refractivity contribution in [3.8, 4) is 10.4 Å². The second-order valence-corrected chi connectivity index (χ2v) is 7.48. The molecule has 0 aliphatic carbocycles. The van der Waals surface area contributed by atoms with E-state index in [9.17, 15) is 0 Å². The van der Waals surface area contributed by atoms with E-state index in [1.807, 2.05) is 18.3 Å². The van der Waals surface area contributed by atoms with Crippen molar-refractivity contribution in [1.82, 2.24) is 9.97 Å². The van der Waals surface area contributed by atoms with Gasteiger partial charge in [0.2, 0.25) is 0 Å². The number of anilines is 2. The van der Waals surface area contributed by atoms with Crippen LogP contribution in [0.15, 0.2) is 72.9 Å². The van der Waals surface area contributed by atoms with Crippen LogP contribution in [-0.2, 0) is 0 Å². The molecule has 26 heavy (non-hydrogen) atoms. The molecule has 0 atom stereocenters. The van der Waals surface area contributed by atoms with Crippen LogP contribution in [0.5, 0.6) is 0 Å². The molecule has 0 spiro atoms. The SMILES string of the molecule is Cc1cc2cc(Nc3ccnc4cc(-c5ccccc5)sc34)ccc2[nH]1. The number of aromatic nitrogens is 2. The summed E-state index contributed by atoms with van der Waals surface area (Å²) in [6.45, 7) is 2.08. The fraction of sp³-hybridized carbons (Fsp3) is 0.0455. The Balaban J connectivity index is 1.56. The number of rotatable bonds is 3. The maximum absolute atomic E-state index is 4.55. The van der Waals surface area contributed by atoms with Crippen molar-refractivity contribution in [3.05, 3.63) is 78.6 Å². The molecule has 0 radical (unpaired) electrons. The summed E-state index contributed by atoms with van der Waals surface area (Å²) in [5.41, 5.74) is 6.76. The maximum atomic E-state index is 4.55. The first-order valence-corrected chi connectivity index (χ1v) is 9.38. The smallest absolute Gasteiger partial charge is 0.0837 e. The highest BCUT2D eigenvalue weighted by Crippen LogP contribution is 2.37. The molecule has 2 N–H and O–H groups in total. The van der Waals surface area contributed by atoms with Crippen molar-refractivity contribution < 1.29 is 0 Å². The Morgan fingerprint density at radius 1 is 0.962 bits per heavy atom. The number of fused-ring (bicyclic) bond motifs is 2. The molecular weight excluding hydrogens is 338 g/mol. The number of nitrogens with one attached hydrogen (secondary N) is 2. The number of H-pyrrole nitrogens is 1. The van der Waals surface area contributed by atoms with Gasteiger partial charge in [0.25, 0.3) is 0 Å². The van der Waals surface area contributed by atoms with Crippen LogP contribution in [0, 0.1) is 6.92 Å². The zero-order valence-electron chi connectivity index (χ0n) is 14.3. The molecule has 3 heterocycles. The molecule has 3 nitrogen and oxygen atoms in total. The molecule has 0 unspecified atom stereocenters. The third kappa shape index (κ3) is 2.65. The molecular formula is C22H17N3S. The van der Waals surface area contributed by atoms with Crippen molar-refractivity contribution in [2.45, 2.75) is 6.92 Å². The van der Waals surface area contributed by atoms with Crippen LogP contribution >= 0.6 is 11.3 Å². The van der Waals surface area contributed by atoms with Gasteiger partial charge in [-0.2, -0.15) is 0 Å². The highest BCUT2D eigenvalue weighted by molar-refractivity contribution is 7.22. The quantitative estimate of drug-likeness (QED) is 0.388. The average Bonchev–Trinajstić information content (AvgIpc) is 3.25. The van der Waals surface area contributed by atoms with Crippen LogP contribution in [0.4, 0.5) is 11.4 Å². The minimum atomic E-state index is 1.03. The third-order valence-corrected chi connectivity index (χ3v) is 5.71. The molecule has 126 valence electrons. The van der Waals surface area contributed by atoms with E-state index in [-0.39, 0.29) is 0 Å². The lowest BCUT2D eigenvalue weighted by atomic mass is 10.2. The van der Waals surface area contributed by atoms with Gasteiger partial charge < -0.3 is 10.3 Å². The molecule has 2 aromatic carbocycles. The Morgan fingerprint density at radius 3 is 2.73 bits per heavy atom. The summed E-state index contributed by atoms with van der Waals surface area (Å²) < 4.78 is 1.18. The van der Waals surface area contributed by atoms with Gasteiger partial charge >= 0.3 is 0 Å². The van der Waals surface area contributed by atoms with E-state index in [0.29, 0.717) is 0 Å². The molecule has 0 saturated heterocycles. The van der Waals surface area contributed by atoms with Gasteiger partial charge in [-0.25, -0.2) is 0 Å². The first-order valence-electron chi connectivity index (χ1n) is 8.57. The summed E-state index contributed by atoms with van der Waals surface area (Å²) in [6.07, 6.45) is 1.87. The van der Waals surface area contributed by atoms with Crippen molar-refractivity contribution >= 4 is 43.8 Å². The van der Waals surface area contributed by atoms with Gasteiger partial charge in [0.1, 0.15) is 0 Å². The first-order chi connectivity index (χ1) is 12.8. The summed E-state index contributed by atoms with van der Waals surface area (Å²) >= 11 is 1.77. The van der Waals surface area contributed by atoms with E-state index in [0.717, 1.165) is 22.4 Å². The Bertz CT molecular complexity index is 1220. The molecule has 4 heteroatoms. The van der Waals surface area contributed by atoms with Gasteiger partial charge in [-0.05, 0) is 48.9 Å². The number of benzene rings is 2. The van der Waals surface area contributed by atoms with Crippen LogP contribution in [0.1, 0.15) is 5.69 Å². The maximum Gasteiger partial charge on any atom is 0.0837 e. The number of aromatic amines is 1. The zero-order chi connectivity index (χ0) is 17.5. The number of nitrogens with zero attached hydrogens (tertiary/aromatic N) is 1. The second-order valence-electron chi connectivity index (χ2n) is 6.43. The highest BCUT2D eigenvalue weighted by atomic mass is 32.1. The number of thiophene rings is 1. The van der Waals surface area contributed by atoms with Gasteiger partial charge in [0, 0.05) is 33.4 Å². The fourth-order valence-corrected chi connectivity index (χ4v) is 4.38. The Morgan fingerprint density at radius 2 is 1.85 bits per heavy atom. The van der Waals surface area contributed by atoms with Crippen LogP contribution < -0.4 is 5.32 Å². The molecule has 3 aromatic heterocycles. The Kier molecular flexibility index (Phi) is 3.50. The molecule has 5 aromatic rings. The lowest BCUT2D eigenvalue weighted by Gasteiger charge is -2.07. The van der Waals surface area contributed by atoms with E-state index in [2.05, 4.69) is 76.8 Å². The van der Waals surface area contributed by atoms with Gasteiger partial charge in [0.05, 0.1) is 15.9 Å². The van der Waals surface area contributed by atoms with E-state index in [4.69, 9.17) is 0 Å². The molecule has 0 aliphatic rings. The molecule has 5 rings (SSSR count). The largest absolute Gasteiger partial charge is 0.359 e. The monoisotopic (exact) mass is 355 g/mol. The molecule has 0 saturated carbocycles. The molecule has 0 fully saturated rings. The topological polar surface area (TPSA) is 40.7 Å². The minimum absolute atomic E-state index is 1.03. The third-order valence-electron chi connectivity index (χ3n) is 4.50. The number of hydrogen-bond acceptors (Lipinski definition) is 3. The summed E-state index contributed by atoms with van der Waals surface area (Å²) in [4.78, 5) is 9.15. The fourth-order valence-electron chi connectivity index (χ4n) is 3.29. The van der Waals surface area contributed by atoms with E-state index >= 15 is 0 Å². The summed E-state index contributed by atoms with van der Waals surface area (Å²) in [6, 6.07) is 23.2. The van der Waals surface area contributed by atoms with Gasteiger partial charge in [0.15, 0.2) is 0 Å². The summed E-state index contributed by atoms with van der Waals surface area (Å²) in [5.74, 6) is 0. The van der Waals surface area contributed by atoms with Crippen LogP contribution in [-0.4, -0.2) is 9.97 Å². The van der Waals surface area contributed by atoms with Crippen LogP contribution in [0.25, 0.3) is 31.6 Å². The predicted molar refractivity (Wildman–Crippen MR) is 111 cm³/mol. The zero-order valence-corrected chi connectivity index (χ0v) is 15.1. The lowest BCUT2D eigenvalue weighted by Crippen LogP contribution is -1.90. The van der Waals surface area contributed by atoms with Crippen LogP contribution in [0.2, 0.25) is 0 Å². The highest BCUT2D eigenvalue weighted by Gasteiger charge is 2.09. The van der Waals surface area contributed by atoms with E-state index in [1.54, 1.807) is 11.3 Å². The standard InChI is InChI=1S/C22H17N3S/c1-14-11-16-12-17(7-8-18(16)24-14)25-19-9-10-23-20-13-21(26-22(19)20)15-5-3-2-4-6-15/h2-13,24H,1H3,(H,23,25). The van der Waals surface area contributed by atoms with Gasteiger partial charge in [-0.1, -0.05) is 30.3 Å². The number of pyridine rings is 1. The van der Waals surface area contributed by atoms with E-state index < -0.39 is 0 Å². The molecule has 0 aliphatic heterocycles.